The smallest absolute Gasteiger partial charge is 0.224 e. The molecule has 3 rings (SSSR count). The average molecular weight is 344 g/mol. The molecule has 0 aromatic heterocycles. The summed E-state index contributed by atoms with van der Waals surface area (Å²) in [6, 6.07) is 12.8. The number of aryl methyl sites for hydroxylation is 1. The van der Waals surface area contributed by atoms with Gasteiger partial charge in [-0.2, -0.15) is 0 Å². The fourth-order valence-corrected chi connectivity index (χ4v) is 2.75. The Hall–Kier alpha value is -1.94. The molecule has 1 heterocycles. The Bertz CT molecular complexity index is 707. The summed E-state index contributed by atoms with van der Waals surface area (Å²) in [6.45, 7) is 0. The van der Waals surface area contributed by atoms with E-state index in [0.717, 1.165) is 28.6 Å². The van der Waals surface area contributed by atoms with E-state index in [1.165, 1.54) is 0 Å². The molecular weight excluding hydrogens is 330 g/mol. The quantitative estimate of drug-likeness (QED) is 0.839. The van der Waals surface area contributed by atoms with E-state index >= 15 is 0 Å². The average Bonchev–Trinajstić information content (AvgIpc) is 2.67. The third kappa shape index (κ3) is 3.05. The van der Waals surface area contributed by atoms with Crippen LogP contribution in [0.15, 0.2) is 46.9 Å². The second-order valence-electron chi connectivity index (χ2n) is 5.11. The summed E-state index contributed by atoms with van der Waals surface area (Å²) in [6.07, 6.45) is 2.16. The summed E-state index contributed by atoms with van der Waals surface area (Å²) >= 11 is 3.36. The van der Waals surface area contributed by atoms with E-state index in [9.17, 15) is 9.59 Å². The molecule has 1 N–H and O–H groups in total. The minimum absolute atomic E-state index is 0.000809. The molecule has 0 unspecified atom stereocenters. The molecule has 0 aliphatic carbocycles. The van der Waals surface area contributed by atoms with Crippen LogP contribution in [0, 0.1) is 0 Å². The first-order chi connectivity index (χ1) is 10.1. The summed E-state index contributed by atoms with van der Waals surface area (Å²) < 4.78 is 0.948. The third-order valence-electron chi connectivity index (χ3n) is 3.60. The molecule has 106 valence electrons. The van der Waals surface area contributed by atoms with E-state index in [2.05, 4.69) is 21.2 Å². The van der Waals surface area contributed by atoms with Crippen molar-refractivity contribution in [1.29, 1.82) is 0 Å². The summed E-state index contributed by atoms with van der Waals surface area (Å²) in [5.74, 6) is 0.0432. The van der Waals surface area contributed by atoms with Gasteiger partial charge in [0.25, 0.3) is 0 Å². The van der Waals surface area contributed by atoms with Crippen molar-refractivity contribution >= 4 is 33.3 Å². The molecule has 1 aliphatic heterocycles. The molecule has 2 aromatic rings. The van der Waals surface area contributed by atoms with E-state index in [4.69, 9.17) is 0 Å². The Morgan fingerprint density at radius 3 is 2.48 bits per heavy atom. The van der Waals surface area contributed by atoms with Crippen LogP contribution in [0.25, 0.3) is 0 Å². The molecule has 4 heteroatoms. The highest BCUT2D eigenvalue weighted by atomic mass is 79.9. The first-order valence-corrected chi connectivity index (χ1v) is 7.66. The van der Waals surface area contributed by atoms with E-state index in [1.807, 2.05) is 24.3 Å². The number of carbonyl (C=O) groups is 2. The van der Waals surface area contributed by atoms with Crippen molar-refractivity contribution in [3.63, 3.8) is 0 Å². The second-order valence-corrected chi connectivity index (χ2v) is 6.03. The monoisotopic (exact) mass is 343 g/mol. The van der Waals surface area contributed by atoms with Crippen LogP contribution in [0.3, 0.4) is 0 Å². The van der Waals surface area contributed by atoms with Gasteiger partial charge in [-0.1, -0.05) is 15.9 Å². The zero-order valence-electron chi connectivity index (χ0n) is 11.4. The summed E-state index contributed by atoms with van der Waals surface area (Å²) in [4.78, 5) is 24.0. The fourth-order valence-electron chi connectivity index (χ4n) is 2.48. The first-order valence-electron chi connectivity index (χ1n) is 6.86. The van der Waals surface area contributed by atoms with E-state index < -0.39 is 0 Å². The van der Waals surface area contributed by atoms with Gasteiger partial charge in [0, 0.05) is 27.7 Å². The topological polar surface area (TPSA) is 46.2 Å². The third-order valence-corrected chi connectivity index (χ3v) is 4.13. The number of amides is 1. The lowest BCUT2D eigenvalue weighted by molar-refractivity contribution is -0.116. The Labute approximate surface area is 131 Å². The van der Waals surface area contributed by atoms with Crippen LogP contribution in [-0.2, 0) is 11.2 Å². The van der Waals surface area contributed by atoms with Gasteiger partial charge < -0.3 is 5.32 Å². The molecule has 0 radical (unpaired) electrons. The molecule has 1 amide bonds. The number of hydrogen-bond donors (Lipinski definition) is 1. The molecule has 3 nitrogen and oxygen atoms in total. The lowest BCUT2D eigenvalue weighted by Gasteiger charge is -2.09. The maximum atomic E-state index is 12.5. The van der Waals surface area contributed by atoms with Crippen LogP contribution >= 0.6 is 15.9 Å². The fraction of sp³-hybridized carbons (Fsp3) is 0.176. The standard InChI is InChI=1S/C17H14BrNO2/c18-14-7-4-11(5-8-14)17(21)13-6-9-15-12(10-13)2-1-3-16(20)19-15/h4-10H,1-3H2,(H,19,20). The molecular formula is C17H14BrNO2. The first kappa shape index (κ1) is 14.0. The normalized spacial score (nSPS) is 14.0. The van der Waals surface area contributed by atoms with Crippen molar-refractivity contribution in [2.45, 2.75) is 19.3 Å². The van der Waals surface area contributed by atoms with Gasteiger partial charge in [0.15, 0.2) is 5.78 Å². The van der Waals surface area contributed by atoms with Crippen LogP contribution in [0.4, 0.5) is 5.69 Å². The number of fused-ring (bicyclic) bond motifs is 1. The lowest BCUT2D eigenvalue weighted by Crippen LogP contribution is -2.09. The van der Waals surface area contributed by atoms with Gasteiger partial charge in [-0.05, 0) is 60.9 Å². The zero-order chi connectivity index (χ0) is 14.8. The van der Waals surface area contributed by atoms with Crippen molar-refractivity contribution in [2.24, 2.45) is 0 Å². The van der Waals surface area contributed by atoms with Gasteiger partial charge in [-0.3, -0.25) is 9.59 Å². The minimum atomic E-state index is 0.000809. The molecule has 0 saturated heterocycles. The Kier molecular flexibility index (Phi) is 3.88. The van der Waals surface area contributed by atoms with Gasteiger partial charge >= 0.3 is 0 Å². The van der Waals surface area contributed by atoms with Gasteiger partial charge in [0.1, 0.15) is 0 Å². The van der Waals surface area contributed by atoms with Crippen LogP contribution < -0.4 is 5.32 Å². The zero-order valence-corrected chi connectivity index (χ0v) is 12.9. The molecule has 0 saturated carbocycles. The van der Waals surface area contributed by atoms with E-state index in [1.54, 1.807) is 18.2 Å². The van der Waals surface area contributed by atoms with Crippen molar-refractivity contribution in [2.75, 3.05) is 5.32 Å². The number of carbonyl (C=O) groups excluding carboxylic acids is 2. The van der Waals surface area contributed by atoms with Crippen molar-refractivity contribution in [3.05, 3.63) is 63.6 Å². The van der Waals surface area contributed by atoms with E-state index in [-0.39, 0.29) is 11.7 Å². The van der Waals surface area contributed by atoms with Gasteiger partial charge in [0.05, 0.1) is 0 Å². The number of benzene rings is 2. The molecule has 1 aliphatic rings. The lowest BCUT2D eigenvalue weighted by atomic mass is 9.98. The predicted octanol–water partition coefficient (Wildman–Crippen LogP) is 3.95. The van der Waals surface area contributed by atoms with Crippen molar-refractivity contribution < 1.29 is 9.59 Å². The Morgan fingerprint density at radius 1 is 1.00 bits per heavy atom. The Morgan fingerprint density at radius 2 is 1.71 bits per heavy atom. The largest absolute Gasteiger partial charge is 0.326 e. The van der Waals surface area contributed by atoms with Gasteiger partial charge in [-0.15, -0.1) is 0 Å². The number of anilines is 1. The van der Waals surface area contributed by atoms with Gasteiger partial charge in [0.2, 0.25) is 5.91 Å². The molecule has 2 aromatic carbocycles. The highest BCUT2D eigenvalue weighted by molar-refractivity contribution is 9.10. The van der Waals surface area contributed by atoms with Crippen molar-refractivity contribution in [1.82, 2.24) is 0 Å². The highest BCUT2D eigenvalue weighted by Crippen LogP contribution is 2.24. The summed E-state index contributed by atoms with van der Waals surface area (Å²) in [5, 5.41) is 2.88. The molecule has 0 spiro atoms. The molecule has 0 atom stereocenters. The minimum Gasteiger partial charge on any atom is -0.326 e. The maximum absolute atomic E-state index is 12.5. The van der Waals surface area contributed by atoms with Crippen LogP contribution in [-0.4, -0.2) is 11.7 Å². The van der Waals surface area contributed by atoms with Crippen LogP contribution in [0.1, 0.15) is 34.3 Å². The molecule has 0 fully saturated rings. The van der Waals surface area contributed by atoms with Crippen LogP contribution in [0.5, 0.6) is 0 Å². The number of halogens is 1. The maximum Gasteiger partial charge on any atom is 0.224 e. The van der Waals surface area contributed by atoms with Crippen LogP contribution in [0.2, 0.25) is 0 Å². The highest BCUT2D eigenvalue weighted by Gasteiger charge is 2.16. The second kappa shape index (κ2) is 5.82. The number of hydrogen-bond acceptors (Lipinski definition) is 2. The molecule has 0 bridgehead atoms. The summed E-state index contributed by atoms with van der Waals surface area (Å²) in [7, 11) is 0. The van der Waals surface area contributed by atoms with E-state index in [0.29, 0.717) is 17.5 Å². The van der Waals surface area contributed by atoms with Crippen molar-refractivity contribution in [3.8, 4) is 0 Å². The SMILES string of the molecule is O=C1CCCc2cc(C(=O)c3ccc(Br)cc3)ccc2N1. The Balaban J connectivity index is 1.93. The number of rotatable bonds is 2. The molecule has 21 heavy (non-hydrogen) atoms. The van der Waals surface area contributed by atoms with Gasteiger partial charge in [-0.25, -0.2) is 0 Å². The summed E-state index contributed by atoms with van der Waals surface area (Å²) in [5.41, 5.74) is 3.18. The number of nitrogens with one attached hydrogen (secondary N) is 1. The predicted molar refractivity (Wildman–Crippen MR) is 85.6 cm³/mol. The number of ketones is 1.